The van der Waals surface area contributed by atoms with Gasteiger partial charge in [-0.1, -0.05) is 43.2 Å². The average molecular weight is 598 g/mol. The molecule has 0 aromatic heterocycles. The third-order valence-corrected chi connectivity index (χ3v) is 9.19. The first-order chi connectivity index (χ1) is 20.1. The lowest BCUT2D eigenvalue weighted by Gasteiger charge is -2.32. The lowest BCUT2D eigenvalue weighted by atomic mass is 10.1. The van der Waals surface area contributed by atoms with Gasteiger partial charge in [0.05, 0.1) is 24.8 Å². The fraction of sp³-hybridized carbons (Fsp3) is 0.355. The number of amides is 2. The van der Waals surface area contributed by atoms with Gasteiger partial charge in [-0.05, 0) is 61.7 Å². The fourth-order valence-corrected chi connectivity index (χ4v) is 6.42. The van der Waals surface area contributed by atoms with Crippen molar-refractivity contribution in [2.24, 2.45) is 0 Å². The number of methoxy groups -OCH3 is 2. The van der Waals surface area contributed by atoms with Gasteiger partial charge in [-0.3, -0.25) is 13.9 Å². The lowest BCUT2D eigenvalue weighted by Crippen LogP contribution is -2.52. The highest BCUT2D eigenvalue weighted by molar-refractivity contribution is 7.92. The zero-order chi connectivity index (χ0) is 30.3. The van der Waals surface area contributed by atoms with E-state index >= 15 is 0 Å². The molecule has 0 saturated heterocycles. The standard InChI is InChI=1S/C31H36FN3O6S/c1-22(31(37)33-25-9-7-8-10-25)34(20-23-13-15-24(32)16-14-23)30(36)21-35(42(38,39)27-11-5-4-6-12-27)26-17-18-28(40-2)29(19-26)41-3/h4-6,11-19,22,25H,7-10,20-21H2,1-3H3,(H,33,37)/t22-/m0/s1. The summed E-state index contributed by atoms with van der Waals surface area (Å²) >= 11 is 0. The van der Waals surface area contributed by atoms with E-state index in [2.05, 4.69) is 5.32 Å². The van der Waals surface area contributed by atoms with Crippen molar-refractivity contribution in [3.63, 3.8) is 0 Å². The molecule has 1 N–H and O–H groups in total. The summed E-state index contributed by atoms with van der Waals surface area (Å²) in [6.45, 7) is 0.983. The number of nitrogens with zero attached hydrogens (tertiary/aromatic N) is 2. The van der Waals surface area contributed by atoms with Crippen molar-refractivity contribution in [2.75, 3.05) is 25.1 Å². The van der Waals surface area contributed by atoms with E-state index in [4.69, 9.17) is 9.47 Å². The van der Waals surface area contributed by atoms with Crippen molar-refractivity contribution in [3.8, 4) is 11.5 Å². The van der Waals surface area contributed by atoms with Gasteiger partial charge in [-0.25, -0.2) is 12.8 Å². The van der Waals surface area contributed by atoms with Crippen LogP contribution in [0.25, 0.3) is 0 Å². The molecule has 0 heterocycles. The molecule has 0 radical (unpaired) electrons. The highest BCUT2D eigenvalue weighted by atomic mass is 32.2. The van der Waals surface area contributed by atoms with Crippen molar-refractivity contribution in [1.29, 1.82) is 0 Å². The second kappa shape index (κ2) is 13.7. The Bertz CT molecular complexity index is 1480. The molecular formula is C31H36FN3O6S. The summed E-state index contributed by atoms with van der Waals surface area (Å²) in [7, 11) is -1.34. The van der Waals surface area contributed by atoms with Gasteiger partial charge in [0, 0.05) is 18.7 Å². The molecule has 0 spiro atoms. The molecule has 11 heteroatoms. The third-order valence-electron chi connectivity index (χ3n) is 7.40. The second-order valence-electron chi connectivity index (χ2n) is 10.2. The van der Waals surface area contributed by atoms with Gasteiger partial charge < -0.3 is 19.7 Å². The molecule has 42 heavy (non-hydrogen) atoms. The van der Waals surface area contributed by atoms with Crippen LogP contribution in [0.2, 0.25) is 0 Å². The number of sulfonamides is 1. The number of anilines is 1. The van der Waals surface area contributed by atoms with Crippen LogP contribution in [0.3, 0.4) is 0 Å². The van der Waals surface area contributed by atoms with E-state index in [0.717, 1.165) is 30.0 Å². The number of rotatable bonds is 12. The van der Waals surface area contributed by atoms with Crippen molar-refractivity contribution in [3.05, 3.63) is 84.2 Å². The Labute approximate surface area is 246 Å². The Hall–Kier alpha value is -4.12. The highest BCUT2D eigenvalue weighted by Crippen LogP contribution is 2.34. The molecule has 9 nitrogen and oxygen atoms in total. The van der Waals surface area contributed by atoms with Gasteiger partial charge >= 0.3 is 0 Å². The van der Waals surface area contributed by atoms with Crippen LogP contribution in [0.5, 0.6) is 11.5 Å². The number of carbonyl (C=O) groups excluding carboxylic acids is 2. The zero-order valence-electron chi connectivity index (χ0n) is 24.0. The van der Waals surface area contributed by atoms with E-state index in [1.807, 2.05) is 0 Å². The van der Waals surface area contributed by atoms with Gasteiger partial charge in [0.25, 0.3) is 10.0 Å². The average Bonchev–Trinajstić information content (AvgIpc) is 3.52. The Morgan fingerprint density at radius 2 is 1.60 bits per heavy atom. The molecule has 4 rings (SSSR count). The van der Waals surface area contributed by atoms with E-state index in [1.54, 1.807) is 31.2 Å². The first-order valence-corrected chi connectivity index (χ1v) is 15.2. The molecule has 224 valence electrons. The number of ether oxygens (including phenoxy) is 2. The molecule has 2 amide bonds. The predicted molar refractivity (Wildman–Crippen MR) is 157 cm³/mol. The van der Waals surface area contributed by atoms with Crippen molar-refractivity contribution in [2.45, 2.75) is 56.1 Å². The minimum absolute atomic E-state index is 0.00954. The number of carbonyl (C=O) groups is 2. The van der Waals surface area contributed by atoms with Gasteiger partial charge in [0.15, 0.2) is 11.5 Å². The summed E-state index contributed by atoms with van der Waals surface area (Å²) in [6.07, 6.45) is 3.78. The smallest absolute Gasteiger partial charge is 0.264 e. The number of nitrogens with one attached hydrogen (secondary N) is 1. The number of benzene rings is 3. The summed E-state index contributed by atoms with van der Waals surface area (Å²) in [4.78, 5) is 28.7. The van der Waals surface area contributed by atoms with Gasteiger partial charge in [0.1, 0.15) is 18.4 Å². The molecule has 1 aliphatic rings. The number of halogens is 1. The number of hydrogen-bond donors (Lipinski definition) is 1. The third kappa shape index (κ3) is 7.20. The number of hydrogen-bond acceptors (Lipinski definition) is 6. The molecule has 1 aliphatic carbocycles. The first kappa shape index (κ1) is 30.8. The SMILES string of the molecule is COc1ccc(N(CC(=O)N(Cc2ccc(F)cc2)[C@@H](C)C(=O)NC2CCCC2)S(=O)(=O)c2ccccc2)cc1OC. The minimum atomic E-state index is -4.23. The van der Waals surface area contributed by atoms with Crippen LogP contribution in [-0.4, -0.2) is 58.0 Å². The van der Waals surface area contributed by atoms with E-state index in [0.29, 0.717) is 11.3 Å². The maximum atomic E-state index is 14.0. The Balaban J connectivity index is 1.71. The largest absolute Gasteiger partial charge is 0.493 e. The van der Waals surface area contributed by atoms with Crippen LogP contribution in [0, 0.1) is 5.82 Å². The quantitative estimate of drug-likeness (QED) is 0.329. The molecule has 1 saturated carbocycles. The van der Waals surface area contributed by atoms with Crippen LogP contribution in [0.1, 0.15) is 38.2 Å². The first-order valence-electron chi connectivity index (χ1n) is 13.8. The minimum Gasteiger partial charge on any atom is -0.493 e. The monoisotopic (exact) mass is 597 g/mol. The summed E-state index contributed by atoms with van der Waals surface area (Å²) < 4.78 is 53.2. The Morgan fingerprint density at radius 1 is 0.952 bits per heavy atom. The van der Waals surface area contributed by atoms with Crippen molar-refractivity contribution >= 4 is 27.5 Å². The molecule has 0 unspecified atom stereocenters. The van der Waals surface area contributed by atoms with Gasteiger partial charge in [-0.2, -0.15) is 0 Å². The van der Waals surface area contributed by atoms with Crippen LogP contribution in [0.15, 0.2) is 77.7 Å². The summed E-state index contributed by atoms with van der Waals surface area (Å²) in [5, 5.41) is 3.02. The Morgan fingerprint density at radius 3 is 2.21 bits per heavy atom. The molecule has 0 bridgehead atoms. The van der Waals surface area contributed by atoms with E-state index < -0.39 is 34.3 Å². The van der Waals surface area contributed by atoms with E-state index in [9.17, 15) is 22.4 Å². The second-order valence-corrected chi connectivity index (χ2v) is 12.0. The van der Waals surface area contributed by atoms with Crippen LogP contribution >= 0.6 is 0 Å². The molecule has 1 atom stereocenters. The van der Waals surface area contributed by atoms with Crippen LogP contribution in [-0.2, 0) is 26.2 Å². The maximum absolute atomic E-state index is 14.0. The molecule has 3 aromatic carbocycles. The molecule has 1 fully saturated rings. The van der Waals surface area contributed by atoms with Gasteiger partial charge in [-0.15, -0.1) is 0 Å². The summed E-state index contributed by atoms with van der Waals surface area (Å²) in [6, 6.07) is 17.1. The van der Waals surface area contributed by atoms with Crippen molar-refractivity contribution < 1.29 is 31.9 Å². The summed E-state index contributed by atoms with van der Waals surface area (Å²) in [5.74, 6) is -0.705. The topological polar surface area (TPSA) is 105 Å². The van der Waals surface area contributed by atoms with Crippen molar-refractivity contribution in [1.82, 2.24) is 10.2 Å². The lowest BCUT2D eigenvalue weighted by molar-refractivity contribution is -0.139. The normalized spacial score (nSPS) is 14.2. The fourth-order valence-electron chi connectivity index (χ4n) is 4.99. The molecule has 0 aliphatic heterocycles. The molecule has 3 aromatic rings. The highest BCUT2D eigenvalue weighted by Gasteiger charge is 2.33. The zero-order valence-corrected chi connectivity index (χ0v) is 24.8. The van der Waals surface area contributed by atoms with Crippen LogP contribution < -0.4 is 19.1 Å². The van der Waals surface area contributed by atoms with Gasteiger partial charge in [0.2, 0.25) is 11.8 Å². The summed E-state index contributed by atoms with van der Waals surface area (Å²) in [5.41, 5.74) is 0.767. The van der Waals surface area contributed by atoms with E-state index in [1.165, 1.54) is 67.7 Å². The van der Waals surface area contributed by atoms with Crippen LogP contribution in [0.4, 0.5) is 10.1 Å². The maximum Gasteiger partial charge on any atom is 0.264 e. The Kier molecular flexibility index (Phi) is 10.1. The molecular weight excluding hydrogens is 561 g/mol. The van der Waals surface area contributed by atoms with E-state index in [-0.39, 0.29) is 34.8 Å². The predicted octanol–water partition coefficient (Wildman–Crippen LogP) is 4.51.